The molecular weight excluding hydrogens is 436 g/mol. The van der Waals surface area contributed by atoms with Gasteiger partial charge >= 0.3 is 0 Å². The van der Waals surface area contributed by atoms with E-state index in [2.05, 4.69) is 15.6 Å². The number of aromatic nitrogens is 1. The van der Waals surface area contributed by atoms with Crippen molar-refractivity contribution in [3.63, 3.8) is 0 Å². The average Bonchev–Trinajstić information content (AvgIpc) is 3.43. The van der Waals surface area contributed by atoms with Crippen LogP contribution in [-0.2, 0) is 22.4 Å². The third-order valence-corrected chi connectivity index (χ3v) is 7.12. The van der Waals surface area contributed by atoms with E-state index in [0.717, 1.165) is 30.6 Å². The number of anilines is 3. The Balaban J connectivity index is 1.18. The summed E-state index contributed by atoms with van der Waals surface area (Å²) < 4.78 is 0. The summed E-state index contributed by atoms with van der Waals surface area (Å²) in [6.45, 7) is 0.354. The molecule has 1 saturated heterocycles. The van der Waals surface area contributed by atoms with Crippen LogP contribution < -0.4 is 15.5 Å². The monoisotopic (exact) mass is 460 g/mol. The summed E-state index contributed by atoms with van der Waals surface area (Å²) in [4.78, 5) is 45.2. The number of carbonyl (C=O) groups is 3. The van der Waals surface area contributed by atoms with Crippen LogP contribution in [-0.4, -0.2) is 29.3 Å². The molecule has 1 unspecified atom stereocenters. The Morgan fingerprint density at radius 1 is 0.970 bits per heavy atom. The van der Waals surface area contributed by atoms with Gasteiger partial charge in [-0.2, -0.15) is 0 Å². The van der Waals surface area contributed by atoms with Crippen molar-refractivity contribution < 1.29 is 14.4 Å². The highest BCUT2D eigenvalue weighted by molar-refractivity contribution is 7.15. The van der Waals surface area contributed by atoms with Crippen LogP contribution in [0.4, 0.5) is 16.5 Å². The third kappa shape index (κ3) is 4.66. The molecule has 3 amide bonds. The highest BCUT2D eigenvalue weighted by atomic mass is 32.1. The van der Waals surface area contributed by atoms with Crippen molar-refractivity contribution in [3.8, 4) is 0 Å². The molecule has 8 heteroatoms. The standard InChI is InChI=1S/C25H24N4O3S/c30-22-14-17(15-29(22)19-6-2-1-3-7-19)24(32)26-18-12-10-16(11-13-18)23(31)28-25-27-20-8-4-5-9-21(20)33-25/h1-3,6-7,10-13,17H,4-5,8-9,14-15H2,(H,26,32)(H,27,28,31). The summed E-state index contributed by atoms with van der Waals surface area (Å²) in [5.41, 5.74) is 2.99. The molecular formula is C25H24N4O3S. The number of nitrogens with zero attached hydrogens (tertiary/aromatic N) is 2. The first-order valence-corrected chi connectivity index (χ1v) is 11.9. The smallest absolute Gasteiger partial charge is 0.257 e. The van der Waals surface area contributed by atoms with E-state index in [4.69, 9.17) is 0 Å². The number of carbonyl (C=O) groups excluding carboxylic acids is 3. The van der Waals surface area contributed by atoms with E-state index in [1.807, 2.05) is 30.3 Å². The van der Waals surface area contributed by atoms with Gasteiger partial charge in [-0.1, -0.05) is 18.2 Å². The van der Waals surface area contributed by atoms with E-state index in [9.17, 15) is 14.4 Å². The van der Waals surface area contributed by atoms with Crippen LogP contribution >= 0.6 is 11.3 Å². The summed E-state index contributed by atoms with van der Waals surface area (Å²) in [5.74, 6) is -0.903. The molecule has 2 N–H and O–H groups in total. The lowest BCUT2D eigenvalue weighted by Crippen LogP contribution is -2.28. The summed E-state index contributed by atoms with van der Waals surface area (Å²) in [5, 5.41) is 6.39. The minimum atomic E-state index is -0.420. The van der Waals surface area contributed by atoms with E-state index in [0.29, 0.717) is 22.9 Å². The van der Waals surface area contributed by atoms with Crippen LogP contribution in [0.3, 0.4) is 0 Å². The topological polar surface area (TPSA) is 91.4 Å². The van der Waals surface area contributed by atoms with Gasteiger partial charge in [-0.25, -0.2) is 4.98 Å². The summed E-state index contributed by atoms with van der Waals surface area (Å²) in [7, 11) is 0. The van der Waals surface area contributed by atoms with Crippen molar-refractivity contribution in [2.45, 2.75) is 32.1 Å². The quantitative estimate of drug-likeness (QED) is 0.595. The van der Waals surface area contributed by atoms with Crippen LogP contribution in [0.1, 0.15) is 40.2 Å². The van der Waals surface area contributed by atoms with Crippen molar-refractivity contribution in [1.29, 1.82) is 0 Å². The zero-order chi connectivity index (χ0) is 22.8. The number of aryl methyl sites for hydroxylation is 2. The van der Waals surface area contributed by atoms with E-state index < -0.39 is 5.92 Å². The number of fused-ring (bicyclic) bond motifs is 1. The molecule has 33 heavy (non-hydrogen) atoms. The SMILES string of the molecule is O=C(Nc1nc2c(s1)CCCC2)c1ccc(NC(=O)C2CC(=O)N(c3ccccc3)C2)cc1. The Kier molecular flexibility index (Phi) is 5.92. The Hall–Kier alpha value is -3.52. The highest BCUT2D eigenvalue weighted by Gasteiger charge is 2.35. The van der Waals surface area contributed by atoms with Gasteiger partial charge in [0, 0.05) is 34.8 Å². The van der Waals surface area contributed by atoms with Crippen LogP contribution in [0.2, 0.25) is 0 Å². The second-order valence-electron chi connectivity index (χ2n) is 8.36. The molecule has 1 aliphatic carbocycles. The predicted octanol–water partition coefficient (Wildman–Crippen LogP) is 4.27. The maximum atomic E-state index is 12.7. The third-order valence-electron chi connectivity index (χ3n) is 6.04. The predicted molar refractivity (Wildman–Crippen MR) is 129 cm³/mol. The number of hydrogen-bond donors (Lipinski definition) is 2. The first-order valence-electron chi connectivity index (χ1n) is 11.1. The summed E-state index contributed by atoms with van der Waals surface area (Å²) in [6, 6.07) is 16.1. The average molecular weight is 461 g/mol. The normalized spacial score (nSPS) is 17.5. The van der Waals surface area contributed by atoms with Crippen molar-refractivity contribution >= 4 is 45.6 Å². The largest absolute Gasteiger partial charge is 0.326 e. The van der Waals surface area contributed by atoms with Crippen molar-refractivity contribution in [3.05, 3.63) is 70.7 Å². The van der Waals surface area contributed by atoms with Crippen LogP contribution in [0.5, 0.6) is 0 Å². The highest BCUT2D eigenvalue weighted by Crippen LogP contribution is 2.30. The van der Waals surface area contributed by atoms with E-state index in [-0.39, 0.29) is 24.1 Å². The number of nitrogens with one attached hydrogen (secondary N) is 2. The van der Waals surface area contributed by atoms with Crippen molar-refractivity contribution in [1.82, 2.24) is 4.98 Å². The van der Waals surface area contributed by atoms with Gasteiger partial charge in [0.2, 0.25) is 11.8 Å². The number of para-hydroxylation sites is 1. The molecule has 1 atom stereocenters. The van der Waals surface area contributed by atoms with Crippen molar-refractivity contribution in [2.24, 2.45) is 5.92 Å². The number of hydrogen-bond acceptors (Lipinski definition) is 5. The maximum absolute atomic E-state index is 12.7. The number of rotatable bonds is 5. The molecule has 2 aromatic carbocycles. The minimum Gasteiger partial charge on any atom is -0.326 e. The fourth-order valence-corrected chi connectivity index (χ4v) is 5.31. The number of benzene rings is 2. The summed E-state index contributed by atoms with van der Waals surface area (Å²) >= 11 is 1.55. The first kappa shape index (κ1) is 21.3. The minimum absolute atomic E-state index is 0.0581. The zero-order valence-corrected chi connectivity index (χ0v) is 18.9. The molecule has 7 nitrogen and oxygen atoms in total. The van der Waals surface area contributed by atoms with Crippen LogP contribution in [0, 0.1) is 5.92 Å². The lowest BCUT2D eigenvalue weighted by Gasteiger charge is -2.16. The van der Waals surface area contributed by atoms with Crippen molar-refractivity contribution in [2.75, 3.05) is 22.1 Å². The molecule has 1 fully saturated rings. The molecule has 5 rings (SSSR count). The molecule has 0 spiro atoms. The van der Waals surface area contributed by atoms with Gasteiger partial charge in [0.25, 0.3) is 5.91 Å². The van der Waals surface area contributed by atoms with E-state index in [1.54, 1.807) is 40.5 Å². The van der Waals surface area contributed by atoms with Gasteiger partial charge in [0.15, 0.2) is 5.13 Å². The lowest BCUT2D eigenvalue weighted by atomic mass is 10.0. The number of thiazole rings is 1. The van der Waals surface area contributed by atoms with Crippen LogP contribution in [0.15, 0.2) is 54.6 Å². The Morgan fingerprint density at radius 3 is 2.48 bits per heavy atom. The van der Waals surface area contributed by atoms with Gasteiger partial charge < -0.3 is 10.2 Å². The molecule has 1 aromatic heterocycles. The van der Waals surface area contributed by atoms with E-state index >= 15 is 0 Å². The summed E-state index contributed by atoms with van der Waals surface area (Å²) in [6.07, 6.45) is 4.52. The fraction of sp³-hybridized carbons (Fsp3) is 0.280. The number of amides is 3. The Bertz CT molecular complexity index is 1170. The first-order chi connectivity index (χ1) is 16.1. The molecule has 0 saturated carbocycles. The van der Waals surface area contributed by atoms with Gasteiger partial charge in [0.05, 0.1) is 11.6 Å². The zero-order valence-electron chi connectivity index (χ0n) is 18.0. The maximum Gasteiger partial charge on any atom is 0.257 e. The van der Waals surface area contributed by atoms with Gasteiger partial charge in [-0.05, 0) is 62.1 Å². The van der Waals surface area contributed by atoms with Gasteiger partial charge in [0.1, 0.15) is 0 Å². The molecule has 0 radical (unpaired) electrons. The van der Waals surface area contributed by atoms with Crippen LogP contribution in [0.25, 0.3) is 0 Å². The molecule has 3 aromatic rings. The molecule has 2 aliphatic rings. The van der Waals surface area contributed by atoms with Gasteiger partial charge in [-0.15, -0.1) is 11.3 Å². The fourth-order valence-electron chi connectivity index (χ4n) is 4.26. The second-order valence-corrected chi connectivity index (χ2v) is 9.44. The molecule has 0 bridgehead atoms. The second kappa shape index (κ2) is 9.15. The Labute approximate surface area is 195 Å². The molecule has 1 aliphatic heterocycles. The van der Waals surface area contributed by atoms with E-state index in [1.165, 1.54) is 11.3 Å². The lowest BCUT2D eigenvalue weighted by molar-refractivity contribution is -0.122. The molecule has 2 heterocycles. The molecule has 168 valence electrons. The van der Waals surface area contributed by atoms with Gasteiger partial charge in [-0.3, -0.25) is 19.7 Å². The Morgan fingerprint density at radius 2 is 1.73 bits per heavy atom.